The van der Waals surface area contributed by atoms with E-state index in [2.05, 4.69) is 6.92 Å². The van der Waals surface area contributed by atoms with Gasteiger partial charge in [0, 0.05) is 6.42 Å². The van der Waals surface area contributed by atoms with Crippen molar-refractivity contribution in [3.8, 4) is 0 Å². The summed E-state index contributed by atoms with van der Waals surface area (Å²) in [5, 5.41) is 16.8. The Kier molecular flexibility index (Phi) is 15.1. The fourth-order valence-corrected chi connectivity index (χ4v) is 1.08. The fraction of sp³-hybridized carbons (Fsp3) is 0.917. The number of rotatable bonds is 7. The van der Waals surface area contributed by atoms with Gasteiger partial charge in [-0.1, -0.05) is 39.5 Å². The van der Waals surface area contributed by atoms with Crippen molar-refractivity contribution in [2.75, 3.05) is 0 Å². The maximum atomic E-state index is 9.60. The summed E-state index contributed by atoms with van der Waals surface area (Å²) in [7, 11) is 0. The lowest BCUT2D eigenvalue weighted by Crippen LogP contribution is -1.97. The molecule has 0 amide bonds. The third-order valence-electron chi connectivity index (χ3n) is 1.94. The van der Waals surface area contributed by atoms with E-state index in [1.165, 1.54) is 25.7 Å². The number of aliphatic hydroxyl groups excluding tert-OH is 1. The van der Waals surface area contributed by atoms with E-state index in [4.69, 9.17) is 10.2 Å². The molecule has 3 nitrogen and oxygen atoms in total. The van der Waals surface area contributed by atoms with Crippen molar-refractivity contribution >= 4 is 5.97 Å². The highest BCUT2D eigenvalue weighted by Crippen LogP contribution is 2.04. The second-order valence-corrected chi connectivity index (χ2v) is 3.84. The lowest BCUT2D eigenvalue weighted by atomic mass is 10.1. The molecule has 0 aliphatic heterocycles. The molecular weight excluding hydrogens is 192 g/mol. The van der Waals surface area contributed by atoms with Crippen LogP contribution in [0.4, 0.5) is 0 Å². The zero-order chi connectivity index (χ0) is 12.1. The van der Waals surface area contributed by atoms with E-state index in [0.29, 0.717) is 6.42 Å². The van der Waals surface area contributed by atoms with E-state index < -0.39 is 5.97 Å². The first-order chi connectivity index (χ1) is 7.04. The number of carboxylic acids is 1. The van der Waals surface area contributed by atoms with E-state index in [9.17, 15) is 4.79 Å². The smallest absolute Gasteiger partial charge is 0.303 e. The number of hydrogen-bond acceptors (Lipinski definition) is 2. The summed E-state index contributed by atoms with van der Waals surface area (Å²) in [6.45, 7) is 5.89. The summed E-state index contributed by atoms with van der Waals surface area (Å²) in [5.41, 5.74) is 0. The number of aliphatic hydroxyl groups is 1. The highest BCUT2D eigenvalue weighted by atomic mass is 16.4. The first-order valence-electron chi connectivity index (χ1n) is 5.94. The van der Waals surface area contributed by atoms with Gasteiger partial charge in [-0.2, -0.15) is 0 Å². The molecule has 0 aliphatic rings. The largest absolute Gasteiger partial charge is 0.481 e. The summed E-state index contributed by atoms with van der Waals surface area (Å²) >= 11 is 0. The minimum Gasteiger partial charge on any atom is -0.481 e. The van der Waals surface area contributed by atoms with Crippen LogP contribution in [0, 0.1) is 0 Å². The topological polar surface area (TPSA) is 57.5 Å². The van der Waals surface area contributed by atoms with Gasteiger partial charge in [0.1, 0.15) is 0 Å². The van der Waals surface area contributed by atoms with Gasteiger partial charge < -0.3 is 10.2 Å². The van der Waals surface area contributed by atoms with Gasteiger partial charge in [0.05, 0.1) is 6.10 Å². The fourth-order valence-electron chi connectivity index (χ4n) is 1.08. The average Bonchev–Trinajstić information content (AvgIpc) is 2.13. The molecule has 0 saturated heterocycles. The molecule has 0 heterocycles. The molecular formula is C12H26O3. The Hall–Kier alpha value is -0.570. The summed E-state index contributed by atoms with van der Waals surface area (Å²) in [6.07, 6.45) is 6.95. The van der Waals surface area contributed by atoms with Crippen LogP contribution in [-0.4, -0.2) is 22.3 Å². The third kappa shape index (κ3) is 24.7. The molecule has 0 aromatic rings. The van der Waals surface area contributed by atoms with Gasteiger partial charge in [-0.05, 0) is 19.8 Å². The minimum absolute atomic E-state index is 0.0955. The van der Waals surface area contributed by atoms with Gasteiger partial charge in [0.2, 0.25) is 0 Å². The molecule has 0 radical (unpaired) electrons. The third-order valence-corrected chi connectivity index (χ3v) is 1.94. The van der Waals surface area contributed by atoms with Crippen molar-refractivity contribution in [3.05, 3.63) is 0 Å². The van der Waals surface area contributed by atoms with Crippen molar-refractivity contribution < 1.29 is 15.0 Å². The van der Waals surface area contributed by atoms with Crippen LogP contribution in [0.3, 0.4) is 0 Å². The van der Waals surface area contributed by atoms with Crippen LogP contribution in [0.1, 0.15) is 65.7 Å². The van der Waals surface area contributed by atoms with Crippen molar-refractivity contribution in [3.63, 3.8) is 0 Å². The Bertz CT molecular complexity index is 133. The first kappa shape index (κ1) is 16.8. The molecule has 0 aromatic heterocycles. The van der Waals surface area contributed by atoms with Crippen molar-refractivity contribution in [1.82, 2.24) is 0 Å². The second-order valence-electron chi connectivity index (χ2n) is 3.84. The Morgan fingerprint density at radius 3 is 2.00 bits per heavy atom. The van der Waals surface area contributed by atoms with Crippen molar-refractivity contribution in [2.24, 2.45) is 0 Å². The molecule has 92 valence electrons. The van der Waals surface area contributed by atoms with Crippen LogP contribution >= 0.6 is 0 Å². The standard InChI is InChI=1S/C8H18O.C4H8O2/c1-3-4-5-6-7-8(2)9;1-2-3-4(5)6/h8-9H,3-7H2,1-2H3;2-3H2,1H3,(H,5,6)/t8-;/m0./s1. The van der Waals surface area contributed by atoms with Crippen LogP contribution in [0.15, 0.2) is 0 Å². The number of unbranched alkanes of at least 4 members (excludes halogenated alkanes) is 3. The molecule has 0 rings (SSSR count). The maximum absolute atomic E-state index is 9.60. The van der Waals surface area contributed by atoms with Gasteiger partial charge >= 0.3 is 5.97 Å². The molecule has 0 spiro atoms. The number of carbonyl (C=O) groups is 1. The van der Waals surface area contributed by atoms with Gasteiger partial charge in [0.15, 0.2) is 0 Å². The molecule has 0 aliphatic carbocycles. The molecule has 1 atom stereocenters. The van der Waals surface area contributed by atoms with E-state index in [-0.39, 0.29) is 6.10 Å². The summed E-state index contributed by atoms with van der Waals surface area (Å²) in [5.74, 6) is -0.711. The van der Waals surface area contributed by atoms with E-state index in [1.807, 2.05) is 13.8 Å². The number of aliphatic carboxylic acids is 1. The summed E-state index contributed by atoms with van der Waals surface area (Å²) < 4.78 is 0. The molecule has 15 heavy (non-hydrogen) atoms. The van der Waals surface area contributed by atoms with Gasteiger partial charge in [-0.3, -0.25) is 4.79 Å². The van der Waals surface area contributed by atoms with E-state index in [1.54, 1.807) is 0 Å². The molecule has 3 heteroatoms. The van der Waals surface area contributed by atoms with Crippen LogP contribution in [0.25, 0.3) is 0 Å². The zero-order valence-corrected chi connectivity index (χ0v) is 10.3. The Morgan fingerprint density at radius 1 is 1.13 bits per heavy atom. The average molecular weight is 218 g/mol. The van der Waals surface area contributed by atoms with E-state index in [0.717, 1.165) is 12.8 Å². The Balaban J connectivity index is 0. The molecule has 0 unspecified atom stereocenters. The minimum atomic E-state index is -0.711. The molecule has 0 aromatic carbocycles. The Morgan fingerprint density at radius 2 is 1.73 bits per heavy atom. The SMILES string of the molecule is CCCC(=O)O.CCCCCC[C@H](C)O. The highest BCUT2D eigenvalue weighted by Gasteiger charge is 1.93. The molecule has 0 saturated carbocycles. The summed E-state index contributed by atoms with van der Waals surface area (Å²) in [6, 6.07) is 0. The molecule has 0 bridgehead atoms. The van der Waals surface area contributed by atoms with Crippen LogP contribution < -0.4 is 0 Å². The maximum Gasteiger partial charge on any atom is 0.303 e. The van der Waals surface area contributed by atoms with Crippen LogP contribution in [0.5, 0.6) is 0 Å². The zero-order valence-electron chi connectivity index (χ0n) is 10.3. The van der Waals surface area contributed by atoms with Gasteiger partial charge in [0.25, 0.3) is 0 Å². The quantitative estimate of drug-likeness (QED) is 0.645. The van der Waals surface area contributed by atoms with Crippen LogP contribution in [0.2, 0.25) is 0 Å². The van der Waals surface area contributed by atoms with Crippen molar-refractivity contribution in [1.29, 1.82) is 0 Å². The molecule has 0 fully saturated rings. The first-order valence-corrected chi connectivity index (χ1v) is 5.94. The Labute approximate surface area is 93.5 Å². The normalized spacial score (nSPS) is 11.5. The highest BCUT2D eigenvalue weighted by molar-refractivity contribution is 5.66. The number of hydrogen-bond donors (Lipinski definition) is 2. The second kappa shape index (κ2) is 13.4. The predicted octanol–water partition coefficient (Wildman–Crippen LogP) is 3.21. The van der Waals surface area contributed by atoms with Crippen molar-refractivity contribution in [2.45, 2.75) is 71.8 Å². The molecule has 2 N–H and O–H groups in total. The summed E-state index contributed by atoms with van der Waals surface area (Å²) in [4.78, 5) is 9.60. The van der Waals surface area contributed by atoms with Gasteiger partial charge in [-0.15, -0.1) is 0 Å². The van der Waals surface area contributed by atoms with Crippen LogP contribution in [-0.2, 0) is 4.79 Å². The lowest BCUT2D eigenvalue weighted by Gasteiger charge is -2.01. The van der Waals surface area contributed by atoms with Gasteiger partial charge in [-0.25, -0.2) is 0 Å². The monoisotopic (exact) mass is 218 g/mol. The number of carboxylic acid groups (broad SMARTS) is 1. The van der Waals surface area contributed by atoms with E-state index >= 15 is 0 Å². The lowest BCUT2D eigenvalue weighted by molar-refractivity contribution is -0.137. The predicted molar refractivity (Wildman–Crippen MR) is 63.0 cm³/mol.